The van der Waals surface area contributed by atoms with E-state index in [1.165, 1.54) is 19.3 Å². The summed E-state index contributed by atoms with van der Waals surface area (Å²) in [6.45, 7) is 0. The van der Waals surface area contributed by atoms with Crippen LogP contribution in [0.15, 0.2) is 18.2 Å². The number of nitrogens with two attached hydrogens (primary N) is 1. The summed E-state index contributed by atoms with van der Waals surface area (Å²) in [5.41, 5.74) is 6.89. The maximum absolute atomic E-state index is 12.1. The third-order valence-corrected chi connectivity index (χ3v) is 3.43. The Kier molecular flexibility index (Phi) is 4.07. The minimum absolute atomic E-state index is 0.0451. The average Bonchev–Trinajstić information content (AvgIpc) is 2.39. The molecule has 0 radical (unpaired) electrons. The summed E-state index contributed by atoms with van der Waals surface area (Å²) in [5.74, 6) is 0.556. The fourth-order valence-corrected chi connectivity index (χ4v) is 2.39. The summed E-state index contributed by atoms with van der Waals surface area (Å²) in [6, 6.07) is 5.45. The minimum Gasteiger partial charge on any atom is -0.495 e. The Bertz CT molecular complexity index is 426. The van der Waals surface area contributed by atoms with Crippen LogP contribution in [0.3, 0.4) is 0 Å². The molecular weight excluding hydrogens is 228 g/mol. The van der Waals surface area contributed by atoms with Crippen molar-refractivity contribution in [3.8, 4) is 5.75 Å². The third-order valence-electron chi connectivity index (χ3n) is 3.43. The highest BCUT2D eigenvalue weighted by Gasteiger charge is 2.17. The van der Waals surface area contributed by atoms with E-state index >= 15 is 0 Å². The zero-order valence-corrected chi connectivity index (χ0v) is 10.7. The lowest BCUT2D eigenvalue weighted by Crippen LogP contribution is -2.36. The smallest absolute Gasteiger partial charge is 0.251 e. The third kappa shape index (κ3) is 2.94. The van der Waals surface area contributed by atoms with Gasteiger partial charge in [-0.2, -0.15) is 0 Å². The molecule has 0 bridgehead atoms. The van der Waals surface area contributed by atoms with E-state index in [9.17, 15) is 4.79 Å². The second-order valence-corrected chi connectivity index (χ2v) is 4.77. The van der Waals surface area contributed by atoms with E-state index in [-0.39, 0.29) is 5.91 Å². The number of ether oxygens (including phenoxy) is 1. The number of anilines is 1. The highest BCUT2D eigenvalue weighted by atomic mass is 16.5. The average molecular weight is 248 g/mol. The highest BCUT2D eigenvalue weighted by Crippen LogP contribution is 2.22. The van der Waals surface area contributed by atoms with Gasteiger partial charge in [-0.25, -0.2) is 0 Å². The largest absolute Gasteiger partial charge is 0.495 e. The van der Waals surface area contributed by atoms with Crippen molar-refractivity contribution in [2.75, 3.05) is 12.8 Å². The fraction of sp³-hybridized carbons (Fsp3) is 0.500. The number of carbonyl (C=O) groups is 1. The molecule has 2 rings (SSSR count). The molecule has 0 aliphatic heterocycles. The van der Waals surface area contributed by atoms with Crippen molar-refractivity contribution in [2.45, 2.75) is 38.1 Å². The monoisotopic (exact) mass is 248 g/mol. The molecule has 1 saturated carbocycles. The van der Waals surface area contributed by atoms with Gasteiger partial charge in [0.15, 0.2) is 0 Å². The van der Waals surface area contributed by atoms with Crippen molar-refractivity contribution in [1.82, 2.24) is 5.32 Å². The lowest BCUT2D eigenvalue weighted by Gasteiger charge is -2.22. The molecule has 1 aliphatic carbocycles. The van der Waals surface area contributed by atoms with Crippen LogP contribution in [0.2, 0.25) is 0 Å². The first-order chi connectivity index (χ1) is 8.70. The van der Waals surface area contributed by atoms with Gasteiger partial charge in [-0.05, 0) is 31.0 Å². The van der Waals surface area contributed by atoms with Crippen molar-refractivity contribution in [1.29, 1.82) is 0 Å². The van der Waals surface area contributed by atoms with Gasteiger partial charge in [-0.3, -0.25) is 4.79 Å². The van der Waals surface area contributed by atoms with Gasteiger partial charge in [-0.1, -0.05) is 19.3 Å². The van der Waals surface area contributed by atoms with Gasteiger partial charge in [0.25, 0.3) is 5.91 Å². The fourth-order valence-electron chi connectivity index (χ4n) is 2.39. The summed E-state index contributed by atoms with van der Waals surface area (Å²) in [6.07, 6.45) is 5.85. The number of benzene rings is 1. The van der Waals surface area contributed by atoms with Gasteiger partial charge in [0, 0.05) is 11.6 Å². The maximum Gasteiger partial charge on any atom is 0.251 e. The number of carbonyl (C=O) groups excluding carboxylic acids is 1. The minimum atomic E-state index is -0.0451. The molecule has 4 nitrogen and oxygen atoms in total. The van der Waals surface area contributed by atoms with E-state index in [1.807, 2.05) is 0 Å². The molecule has 18 heavy (non-hydrogen) atoms. The Hall–Kier alpha value is -1.71. The standard InChI is InChI=1S/C14H20N2O2/c1-18-13-8-7-10(9-12(13)15)14(17)16-11-5-3-2-4-6-11/h7-9,11H,2-6,15H2,1H3,(H,16,17). The van der Waals surface area contributed by atoms with Crippen LogP contribution in [0.25, 0.3) is 0 Å². The Morgan fingerprint density at radius 2 is 2.06 bits per heavy atom. The number of hydrogen-bond donors (Lipinski definition) is 2. The molecule has 1 fully saturated rings. The normalized spacial score (nSPS) is 16.3. The summed E-state index contributed by atoms with van der Waals surface area (Å²) in [7, 11) is 1.56. The quantitative estimate of drug-likeness (QED) is 0.807. The van der Waals surface area contributed by atoms with Crippen LogP contribution in [0, 0.1) is 0 Å². The van der Waals surface area contributed by atoms with Crippen LogP contribution in [-0.2, 0) is 0 Å². The molecule has 1 aromatic carbocycles. The molecule has 0 atom stereocenters. The van der Waals surface area contributed by atoms with E-state index in [1.54, 1.807) is 25.3 Å². The number of amides is 1. The molecule has 0 unspecified atom stereocenters. The first-order valence-corrected chi connectivity index (χ1v) is 6.45. The van der Waals surface area contributed by atoms with E-state index in [0.29, 0.717) is 23.0 Å². The highest BCUT2D eigenvalue weighted by molar-refractivity contribution is 5.95. The van der Waals surface area contributed by atoms with Crippen molar-refractivity contribution in [3.63, 3.8) is 0 Å². The lowest BCUT2D eigenvalue weighted by molar-refractivity contribution is 0.0927. The summed E-state index contributed by atoms with van der Waals surface area (Å²) >= 11 is 0. The molecule has 0 spiro atoms. The van der Waals surface area contributed by atoms with Crippen molar-refractivity contribution >= 4 is 11.6 Å². The van der Waals surface area contributed by atoms with Gasteiger partial charge in [0.2, 0.25) is 0 Å². The van der Waals surface area contributed by atoms with Crippen molar-refractivity contribution in [2.24, 2.45) is 0 Å². The number of hydrogen-bond acceptors (Lipinski definition) is 3. The Morgan fingerprint density at radius 3 is 2.67 bits per heavy atom. The SMILES string of the molecule is COc1ccc(C(=O)NC2CCCCC2)cc1N. The van der Waals surface area contributed by atoms with Crippen LogP contribution >= 0.6 is 0 Å². The van der Waals surface area contributed by atoms with Gasteiger partial charge >= 0.3 is 0 Å². The summed E-state index contributed by atoms with van der Waals surface area (Å²) in [4.78, 5) is 12.1. The number of methoxy groups -OCH3 is 1. The zero-order valence-electron chi connectivity index (χ0n) is 10.7. The number of nitrogens with one attached hydrogen (secondary N) is 1. The van der Waals surface area contributed by atoms with Crippen LogP contribution in [-0.4, -0.2) is 19.1 Å². The molecular formula is C14H20N2O2. The predicted octanol–water partition coefficient (Wildman–Crippen LogP) is 2.34. The topological polar surface area (TPSA) is 64.3 Å². The first kappa shape index (κ1) is 12.7. The maximum atomic E-state index is 12.1. The lowest BCUT2D eigenvalue weighted by atomic mass is 9.95. The summed E-state index contributed by atoms with van der Waals surface area (Å²) < 4.78 is 5.07. The van der Waals surface area contributed by atoms with Crippen molar-refractivity contribution in [3.05, 3.63) is 23.8 Å². The van der Waals surface area contributed by atoms with Crippen LogP contribution in [0.5, 0.6) is 5.75 Å². The van der Waals surface area contributed by atoms with Gasteiger partial charge < -0.3 is 15.8 Å². The van der Waals surface area contributed by atoms with E-state index in [4.69, 9.17) is 10.5 Å². The first-order valence-electron chi connectivity index (χ1n) is 6.45. The molecule has 0 heterocycles. The predicted molar refractivity (Wildman–Crippen MR) is 71.7 cm³/mol. The zero-order chi connectivity index (χ0) is 13.0. The molecule has 1 aromatic rings. The Morgan fingerprint density at radius 1 is 1.33 bits per heavy atom. The van der Waals surface area contributed by atoms with E-state index < -0.39 is 0 Å². The molecule has 0 saturated heterocycles. The second-order valence-electron chi connectivity index (χ2n) is 4.77. The second kappa shape index (κ2) is 5.76. The molecule has 1 aliphatic rings. The van der Waals surface area contributed by atoms with Crippen LogP contribution in [0.1, 0.15) is 42.5 Å². The summed E-state index contributed by atoms with van der Waals surface area (Å²) in [5, 5.41) is 3.06. The van der Waals surface area contributed by atoms with Gasteiger partial charge in [0.05, 0.1) is 12.8 Å². The molecule has 0 aromatic heterocycles. The molecule has 3 N–H and O–H groups in total. The van der Waals surface area contributed by atoms with E-state index in [2.05, 4.69) is 5.32 Å². The number of rotatable bonds is 3. The molecule has 4 heteroatoms. The van der Waals surface area contributed by atoms with Gasteiger partial charge in [0.1, 0.15) is 5.75 Å². The van der Waals surface area contributed by atoms with Crippen molar-refractivity contribution < 1.29 is 9.53 Å². The molecule has 98 valence electrons. The van der Waals surface area contributed by atoms with Crippen LogP contribution < -0.4 is 15.8 Å². The van der Waals surface area contributed by atoms with E-state index in [0.717, 1.165) is 12.8 Å². The van der Waals surface area contributed by atoms with Gasteiger partial charge in [-0.15, -0.1) is 0 Å². The Balaban J connectivity index is 2.01. The van der Waals surface area contributed by atoms with Crippen LogP contribution in [0.4, 0.5) is 5.69 Å². The number of nitrogen functional groups attached to an aromatic ring is 1. The Labute approximate surface area is 108 Å². The molecule has 1 amide bonds.